The van der Waals surface area contributed by atoms with Crippen molar-refractivity contribution in [3.63, 3.8) is 0 Å². The van der Waals surface area contributed by atoms with E-state index >= 15 is 0 Å². The van der Waals surface area contributed by atoms with Crippen molar-refractivity contribution < 1.29 is 0 Å². The van der Waals surface area contributed by atoms with Crippen molar-refractivity contribution in [3.05, 3.63) is 16.4 Å². The normalized spacial score (nSPS) is 9.00. The smallest absolute Gasteiger partial charge is 0.221 e. The van der Waals surface area contributed by atoms with Crippen LogP contribution in [-0.4, -0.2) is 103 Å². The summed E-state index contributed by atoms with van der Waals surface area (Å²) in [6.45, 7) is 1.86. The summed E-state index contributed by atoms with van der Waals surface area (Å²) in [4.78, 5) is 7.69. The van der Waals surface area contributed by atoms with Crippen LogP contribution in [0.5, 0.6) is 0 Å². The van der Waals surface area contributed by atoms with Crippen LogP contribution < -0.4 is 5.73 Å². The Kier molecular flexibility index (Phi) is 11.0. The van der Waals surface area contributed by atoms with Crippen molar-refractivity contribution in [2.24, 2.45) is 0 Å². The molecule has 0 aliphatic carbocycles. The summed E-state index contributed by atoms with van der Waals surface area (Å²) in [7, 11) is 39.5. The molecule has 1 rings (SSSR count). The van der Waals surface area contributed by atoms with Crippen molar-refractivity contribution >= 4 is 115 Å². The quantitative estimate of drug-likeness (QED) is 0.445. The van der Waals surface area contributed by atoms with Crippen molar-refractivity contribution in [1.82, 2.24) is 9.97 Å². The third-order valence-corrected chi connectivity index (χ3v) is 3.25. The fraction of sp³-hybridized carbons (Fsp3) is 0.200. The summed E-state index contributed by atoms with van der Waals surface area (Å²) < 4.78 is 0.729. The van der Waals surface area contributed by atoms with Gasteiger partial charge in [-0.25, -0.2) is 9.97 Å². The van der Waals surface area contributed by atoms with E-state index < -0.39 is 25.5 Å². The number of anilines is 1. The van der Waals surface area contributed by atoms with E-state index in [4.69, 9.17) is 59.9 Å². The van der Waals surface area contributed by atoms with E-state index in [9.17, 15) is 0 Å². The van der Waals surface area contributed by atoms with Gasteiger partial charge in [0.25, 0.3) is 0 Å². The van der Waals surface area contributed by atoms with Crippen LogP contribution in [0.1, 0.15) is 5.69 Å². The number of hydrogen-bond donors (Lipinski definition) is 1. The average Bonchev–Trinajstić information content (AvgIpc) is 2.32. The van der Waals surface area contributed by atoms with E-state index in [1.165, 1.54) is 7.06 Å². The molecular formula is C5H6B13BrN3. The Morgan fingerprint density at radius 3 is 1.77 bits per heavy atom. The van der Waals surface area contributed by atoms with Gasteiger partial charge in [-0.2, -0.15) is 0 Å². The first-order chi connectivity index (χ1) is 10.1. The maximum atomic E-state index is 5.48. The maximum absolute atomic E-state index is 5.48. The summed E-state index contributed by atoms with van der Waals surface area (Å²) in [5.74, 6) is 0.307. The highest BCUT2D eigenvalue weighted by Gasteiger charge is 2.32. The summed E-state index contributed by atoms with van der Waals surface area (Å²) in [6, 6.07) is 1.80. The molecule has 0 bridgehead atoms. The molecular weight excluding hydrogens is 323 g/mol. The van der Waals surface area contributed by atoms with Gasteiger partial charge in [0, 0.05) is 98.8 Å². The van der Waals surface area contributed by atoms with Crippen LogP contribution in [0.3, 0.4) is 0 Å². The maximum Gasteiger partial charge on any atom is 0.221 e. The molecule has 22 heavy (non-hydrogen) atoms. The lowest BCUT2D eigenvalue weighted by Gasteiger charge is -2.31. The molecule has 0 atom stereocenters. The molecule has 1 aromatic heterocycles. The molecule has 15 radical (unpaired) electrons. The molecule has 3 nitrogen and oxygen atoms in total. The van der Waals surface area contributed by atoms with Crippen LogP contribution in [-0.2, 0) is 0 Å². The van der Waals surface area contributed by atoms with Crippen LogP contribution in [0.2, 0.25) is 0 Å². The average molecular weight is 329 g/mol. The van der Waals surface area contributed by atoms with Crippen molar-refractivity contribution in [2.75, 3.05) is 5.73 Å². The fourth-order valence-electron chi connectivity index (χ4n) is 1.84. The molecule has 0 aliphatic rings. The van der Waals surface area contributed by atoms with E-state index in [0.717, 1.165) is 10.3 Å². The summed E-state index contributed by atoms with van der Waals surface area (Å²) in [5, 5.41) is 0. The van der Waals surface area contributed by atoms with Crippen LogP contribution in [0.15, 0.2) is 10.7 Å². The Labute approximate surface area is 153 Å². The Balaban J connectivity index is 0.000000425. The minimum absolute atomic E-state index is 0.307. The van der Waals surface area contributed by atoms with Crippen LogP contribution in [0, 0.1) is 6.92 Å². The van der Waals surface area contributed by atoms with Gasteiger partial charge in [0.1, 0.15) is 4.60 Å². The lowest BCUT2D eigenvalue weighted by Crippen LogP contribution is -2.69. The van der Waals surface area contributed by atoms with E-state index in [2.05, 4.69) is 25.9 Å². The second kappa shape index (κ2) is 10.9. The first kappa shape index (κ1) is 22.2. The molecule has 1 aromatic rings. The van der Waals surface area contributed by atoms with Gasteiger partial charge in [0.2, 0.25) is 5.95 Å². The number of nitrogen functional groups attached to an aromatic ring is 1. The zero-order chi connectivity index (χ0) is 17.4. The van der Waals surface area contributed by atoms with E-state index in [1.807, 2.05) is 6.92 Å². The molecule has 0 spiro atoms. The molecule has 1 heterocycles. The molecule has 87 valence electrons. The molecule has 0 saturated heterocycles. The van der Waals surface area contributed by atoms with Gasteiger partial charge < -0.3 is 5.73 Å². The summed E-state index contributed by atoms with van der Waals surface area (Å²) in [5.41, 5.74) is 6.18. The van der Waals surface area contributed by atoms with Crippen molar-refractivity contribution in [3.8, 4) is 0 Å². The number of rotatable bonds is 5. The van der Waals surface area contributed by atoms with Gasteiger partial charge in [-0.15, -0.1) is 0 Å². The Hall–Kier alpha value is 0.204. The number of halogens is 1. The first-order valence-corrected chi connectivity index (χ1v) is 7.24. The molecule has 0 aliphatic heterocycles. The highest BCUT2D eigenvalue weighted by Crippen LogP contribution is 2.07. The first-order valence-electron chi connectivity index (χ1n) is 6.45. The molecule has 0 fully saturated rings. The van der Waals surface area contributed by atoms with Gasteiger partial charge in [0.15, 0.2) is 0 Å². The number of aryl methyl sites for hydroxylation is 1. The third kappa shape index (κ3) is 8.17. The molecule has 0 unspecified atom stereocenters. The van der Waals surface area contributed by atoms with Crippen LogP contribution in [0.4, 0.5) is 5.95 Å². The monoisotopic (exact) mass is 330 g/mol. The number of hydrogen-bond acceptors (Lipinski definition) is 3. The second-order valence-corrected chi connectivity index (χ2v) is 5.58. The number of nitrogens with zero attached hydrogens (tertiary/aromatic N) is 2. The van der Waals surface area contributed by atoms with E-state index in [1.54, 1.807) is 6.07 Å². The Bertz CT molecular complexity index is 387. The lowest BCUT2D eigenvalue weighted by molar-refractivity contribution is 1.10. The number of nitrogens with two attached hydrogens (primary N) is 1. The van der Waals surface area contributed by atoms with Gasteiger partial charge in [-0.1, -0.05) is 0 Å². The minimum atomic E-state index is -0.695. The molecule has 17 heteroatoms. The predicted molar refractivity (Wildman–Crippen MR) is 114 cm³/mol. The van der Waals surface area contributed by atoms with Crippen LogP contribution >= 0.6 is 15.9 Å². The number of aromatic nitrogens is 2. The van der Waals surface area contributed by atoms with Crippen molar-refractivity contribution in [2.45, 2.75) is 6.92 Å². The third-order valence-electron chi connectivity index (χ3n) is 2.84. The molecule has 2 N–H and O–H groups in total. The largest absolute Gasteiger partial charge is 0.368 e. The van der Waals surface area contributed by atoms with E-state index in [-0.39, 0.29) is 6.39 Å². The standard InChI is InChI=1S/C5H6BrN3.B13/c1-3-2-4(6)9-5(7)8-3;1-8-12(9(2)3)13(10(4)5)11(6)7/h2H,1H3,(H2,7,8,9);. The zero-order valence-corrected chi connectivity index (χ0v) is 14.0. The Morgan fingerprint density at radius 2 is 1.55 bits per heavy atom. The molecule has 0 saturated carbocycles. The molecule has 0 aromatic carbocycles. The van der Waals surface area contributed by atoms with Gasteiger partial charge >= 0.3 is 0 Å². The summed E-state index contributed by atoms with van der Waals surface area (Å²) >= 11 is 3.18. The lowest BCUT2D eigenvalue weighted by atomic mass is 8.50. The van der Waals surface area contributed by atoms with Gasteiger partial charge in [-0.05, 0) is 28.9 Å². The van der Waals surface area contributed by atoms with Crippen LogP contribution in [0.25, 0.3) is 0 Å². The Morgan fingerprint density at radius 1 is 1.05 bits per heavy atom. The summed E-state index contributed by atoms with van der Waals surface area (Å²) in [6.07, 6.45) is -2.87. The van der Waals surface area contributed by atoms with Gasteiger partial charge in [0.05, 0.1) is 0 Å². The zero-order valence-electron chi connectivity index (χ0n) is 12.4. The van der Waals surface area contributed by atoms with E-state index in [0.29, 0.717) is 5.95 Å². The topological polar surface area (TPSA) is 51.8 Å². The SMILES string of the molecule is Cc1cc(Br)nc(N)n1.[B][B]B(B([B])[B])B(B([B])[B])B([B])[B]. The predicted octanol–water partition coefficient (Wildman–Crippen LogP) is -3.82. The highest BCUT2D eigenvalue weighted by atomic mass is 79.9. The highest BCUT2D eigenvalue weighted by molar-refractivity contribution is 9.10. The fourth-order valence-corrected chi connectivity index (χ4v) is 2.35. The molecule has 0 amide bonds. The van der Waals surface area contributed by atoms with Gasteiger partial charge in [-0.3, -0.25) is 0 Å². The van der Waals surface area contributed by atoms with Crippen molar-refractivity contribution in [1.29, 1.82) is 0 Å². The second-order valence-electron chi connectivity index (χ2n) is 4.77. The minimum Gasteiger partial charge on any atom is -0.368 e.